The molecule has 0 aromatic heterocycles. The third-order valence-corrected chi connectivity index (χ3v) is 3.66. The topological polar surface area (TPSA) is 60.9 Å². The third kappa shape index (κ3) is 3.01. The number of Topliss-reactive ketones (excluding diaryl/α,β-unsaturated/α-hetero) is 1. The highest BCUT2D eigenvalue weighted by Gasteiger charge is 2.42. The lowest BCUT2D eigenvalue weighted by Crippen LogP contribution is -2.36. The molecule has 1 aliphatic rings. The van der Waals surface area contributed by atoms with Gasteiger partial charge in [-0.2, -0.15) is 0 Å². The summed E-state index contributed by atoms with van der Waals surface area (Å²) < 4.78 is 13.1. The van der Waals surface area contributed by atoms with Crippen LogP contribution in [0, 0.1) is 5.82 Å². The second-order valence-electron chi connectivity index (χ2n) is 5.57. The van der Waals surface area contributed by atoms with Crippen LogP contribution in [0.4, 0.5) is 4.39 Å². The van der Waals surface area contributed by atoms with Crippen molar-refractivity contribution in [3.63, 3.8) is 0 Å². The molecule has 1 amide bonds. The molecule has 22 heavy (non-hydrogen) atoms. The summed E-state index contributed by atoms with van der Waals surface area (Å²) in [6, 6.07) is 4.92. The van der Waals surface area contributed by atoms with Crippen molar-refractivity contribution < 1.29 is 19.1 Å². The van der Waals surface area contributed by atoms with Crippen molar-refractivity contribution in [3.8, 4) is 0 Å². The Bertz CT molecular complexity index is 623. The summed E-state index contributed by atoms with van der Waals surface area (Å²) in [5, 5.41) is 10.0. The second kappa shape index (κ2) is 6.27. The van der Waals surface area contributed by atoms with Crippen LogP contribution in [0.15, 0.2) is 35.6 Å². The molecule has 2 rings (SSSR count). The Balaban J connectivity index is 2.43. The normalized spacial score (nSPS) is 18.5. The van der Waals surface area contributed by atoms with Gasteiger partial charge in [-0.3, -0.25) is 9.59 Å². The van der Waals surface area contributed by atoms with Crippen LogP contribution in [0.5, 0.6) is 0 Å². The van der Waals surface area contributed by atoms with Crippen molar-refractivity contribution in [2.75, 3.05) is 27.2 Å². The van der Waals surface area contributed by atoms with Gasteiger partial charge < -0.3 is 14.9 Å². The van der Waals surface area contributed by atoms with Gasteiger partial charge in [-0.15, -0.1) is 0 Å². The molecule has 0 fully saturated rings. The van der Waals surface area contributed by atoms with Gasteiger partial charge in [0.25, 0.3) is 5.91 Å². The van der Waals surface area contributed by atoms with Gasteiger partial charge in [0.2, 0.25) is 0 Å². The minimum Gasteiger partial charge on any atom is -0.503 e. The molecule has 1 aromatic carbocycles. The SMILES string of the molecule is CC(=O)C1=C(O)C(=O)N(CCN(C)C)[C@H]1c1ccc(F)cc1. The highest BCUT2D eigenvalue weighted by Crippen LogP contribution is 2.37. The molecule has 6 heteroatoms. The predicted octanol–water partition coefficient (Wildman–Crippen LogP) is 1.67. The fourth-order valence-electron chi connectivity index (χ4n) is 2.54. The van der Waals surface area contributed by atoms with E-state index in [-0.39, 0.29) is 11.4 Å². The first kappa shape index (κ1) is 16.2. The summed E-state index contributed by atoms with van der Waals surface area (Å²) in [5.41, 5.74) is 0.665. The van der Waals surface area contributed by atoms with Crippen LogP contribution in [0.25, 0.3) is 0 Å². The fraction of sp³-hybridized carbons (Fsp3) is 0.375. The van der Waals surface area contributed by atoms with Crippen LogP contribution in [0.3, 0.4) is 0 Å². The van der Waals surface area contributed by atoms with Crippen LogP contribution in [0.2, 0.25) is 0 Å². The van der Waals surface area contributed by atoms with E-state index in [1.807, 2.05) is 19.0 Å². The first-order valence-corrected chi connectivity index (χ1v) is 6.98. The van der Waals surface area contributed by atoms with E-state index in [1.165, 1.54) is 36.1 Å². The van der Waals surface area contributed by atoms with Crippen LogP contribution >= 0.6 is 0 Å². The molecule has 1 aliphatic heterocycles. The van der Waals surface area contributed by atoms with Gasteiger partial charge in [-0.25, -0.2) is 4.39 Å². The van der Waals surface area contributed by atoms with Crippen molar-refractivity contribution in [2.24, 2.45) is 0 Å². The molecule has 1 N–H and O–H groups in total. The Morgan fingerprint density at radius 2 is 1.91 bits per heavy atom. The molecule has 0 spiro atoms. The monoisotopic (exact) mass is 306 g/mol. The largest absolute Gasteiger partial charge is 0.503 e. The summed E-state index contributed by atoms with van der Waals surface area (Å²) in [7, 11) is 3.74. The van der Waals surface area contributed by atoms with Gasteiger partial charge in [0, 0.05) is 13.1 Å². The molecular formula is C16H19FN2O3. The van der Waals surface area contributed by atoms with E-state index < -0.39 is 23.5 Å². The average molecular weight is 306 g/mol. The van der Waals surface area contributed by atoms with Gasteiger partial charge in [0.05, 0.1) is 11.6 Å². The van der Waals surface area contributed by atoms with E-state index in [4.69, 9.17) is 0 Å². The molecule has 0 aliphatic carbocycles. The number of likely N-dealkylation sites (N-methyl/N-ethyl adjacent to an activating group) is 1. The van der Waals surface area contributed by atoms with E-state index >= 15 is 0 Å². The number of halogens is 1. The molecule has 0 bridgehead atoms. The van der Waals surface area contributed by atoms with Gasteiger partial charge in [0.1, 0.15) is 5.82 Å². The van der Waals surface area contributed by atoms with Crippen molar-refractivity contribution in [1.29, 1.82) is 0 Å². The van der Waals surface area contributed by atoms with Crippen LogP contribution in [-0.4, -0.2) is 53.8 Å². The first-order valence-electron chi connectivity index (χ1n) is 6.98. The fourth-order valence-corrected chi connectivity index (χ4v) is 2.54. The zero-order valence-corrected chi connectivity index (χ0v) is 12.8. The Kier molecular flexibility index (Phi) is 4.61. The molecule has 0 saturated heterocycles. The zero-order valence-electron chi connectivity index (χ0n) is 12.8. The molecule has 1 atom stereocenters. The number of rotatable bonds is 5. The number of hydrogen-bond acceptors (Lipinski definition) is 4. The third-order valence-electron chi connectivity index (χ3n) is 3.66. The molecular weight excluding hydrogens is 287 g/mol. The van der Waals surface area contributed by atoms with E-state index in [2.05, 4.69) is 0 Å². The zero-order chi connectivity index (χ0) is 16.4. The average Bonchev–Trinajstić information content (AvgIpc) is 2.70. The van der Waals surface area contributed by atoms with Crippen molar-refractivity contribution in [3.05, 3.63) is 47.0 Å². The number of aliphatic hydroxyl groups is 1. The number of aliphatic hydroxyl groups excluding tert-OH is 1. The maximum Gasteiger partial charge on any atom is 0.290 e. The Morgan fingerprint density at radius 1 is 1.32 bits per heavy atom. The van der Waals surface area contributed by atoms with E-state index in [0.717, 1.165) is 0 Å². The van der Waals surface area contributed by atoms with Gasteiger partial charge in [0.15, 0.2) is 11.5 Å². The number of amides is 1. The van der Waals surface area contributed by atoms with Crippen LogP contribution < -0.4 is 0 Å². The number of ketones is 1. The van der Waals surface area contributed by atoms with Crippen molar-refractivity contribution in [1.82, 2.24) is 9.80 Å². The lowest BCUT2D eigenvalue weighted by atomic mass is 9.97. The summed E-state index contributed by atoms with van der Waals surface area (Å²) >= 11 is 0. The second-order valence-corrected chi connectivity index (χ2v) is 5.57. The summed E-state index contributed by atoms with van der Waals surface area (Å²) in [5.74, 6) is -1.85. The summed E-state index contributed by atoms with van der Waals surface area (Å²) in [4.78, 5) is 27.5. The minimum atomic E-state index is -0.675. The minimum absolute atomic E-state index is 0.0652. The number of hydrogen-bond donors (Lipinski definition) is 1. The maximum atomic E-state index is 13.1. The van der Waals surface area contributed by atoms with Crippen LogP contribution in [0.1, 0.15) is 18.5 Å². The summed E-state index contributed by atoms with van der Waals surface area (Å²) in [6.45, 7) is 2.25. The first-order chi connectivity index (χ1) is 10.3. The number of benzene rings is 1. The standard InChI is InChI=1S/C16H19FN2O3/c1-10(20)13-14(11-4-6-12(17)7-5-11)19(9-8-18(2)3)16(22)15(13)21/h4-7,14,21H,8-9H2,1-3H3/t14-/m0/s1. The van der Waals surface area contributed by atoms with Gasteiger partial charge >= 0.3 is 0 Å². The van der Waals surface area contributed by atoms with Crippen molar-refractivity contribution in [2.45, 2.75) is 13.0 Å². The number of carbonyl (C=O) groups excluding carboxylic acids is 2. The molecule has 0 saturated carbocycles. The smallest absolute Gasteiger partial charge is 0.290 e. The Hall–Kier alpha value is -2.21. The van der Waals surface area contributed by atoms with E-state index in [1.54, 1.807) is 0 Å². The van der Waals surface area contributed by atoms with Gasteiger partial charge in [-0.05, 0) is 38.7 Å². The lowest BCUT2D eigenvalue weighted by Gasteiger charge is -2.27. The lowest BCUT2D eigenvalue weighted by molar-refractivity contribution is -0.129. The highest BCUT2D eigenvalue weighted by molar-refractivity contribution is 6.08. The number of nitrogens with zero attached hydrogens (tertiary/aromatic N) is 2. The molecule has 118 valence electrons. The molecule has 0 radical (unpaired) electrons. The van der Waals surface area contributed by atoms with E-state index in [0.29, 0.717) is 18.7 Å². The Morgan fingerprint density at radius 3 is 2.41 bits per heavy atom. The Labute approximate surface area is 128 Å². The molecule has 1 aromatic rings. The highest BCUT2D eigenvalue weighted by atomic mass is 19.1. The molecule has 0 unspecified atom stereocenters. The maximum absolute atomic E-state index is 13.1. The van der Waals surface area contributed by atoms with Crippen LogP contribution in [-0.2, 0) is 9.59 Å². The number of carbonyl (C=O) groups is 2. The van der Waals surface area contributed by atoms with E-state index in [9.17, 15) is 19.1 Å². The molecule has 1 heterocycles. The van der Waals surface area contributed by atoms with Crippen molar-refractivity contribution >= 4 is 11.7 Å². The quantitative estimate of drug-likeness (QED) is 0.899. The van der Waals surface area contributed by atoms with Gasteiger partial charge in [-0.1, -0.05) is 12.1 Å². The summed E-state index contributed by atoms with van der Waals surface area (Å²) in [6.07, 6.45) is 0. The molecule has 5 nitrogen and oxygen atoms in total. The predicted molar refractivity (Wildman–Crippen MR) is 79.7 cm³/mol.